The van der Waals surface area contributed by atoms with Crippen molar-refractivity contribution in [3.8, 4) is 0 Å². The summed E-state index contributed by atoms with van der Waals surface area (Å²) in [6.07, 6.45) is 15.9. The van der Waals surface area contributed by atoms with Gasteiger partial charge in [-0.25, -0.2) is 0 Å². The number of allylic oxidation sites excluding steroid dienone is 8. The van der Waals surface area contributed by atoms with E-state index in [4.69, 9.17) is 0 Å². The predicted octanol–water partition coefficient (Wildman–Crippen LogP) is 4.05. The zero-order chi connectivity index (χ0) is 10.8. The molecule has 0 nitrogen and oxygen atoms in total. The predicted molar refractivity (Wildman–Crippen MR) is 66.0 cm³/mol. The van der Waals surface area contributed by atoms with Gasteiger partial charge in [-0.05, 0) is 45.4 Å². The maximum atomic E-state index is 2.32. The van der Waals surface area contributed by atoms with Crippen molar-refractivity contribution in [1.29, 1.82) is 0 Å². The first-order valence-corrected chi connectivity index (χ1v) is 5.57. The molecule has 0 aromatic heterocycles. The van der Waals surface area contributed by atoms with Crippen molar-refractivity contribution < 1.29 is 0 Å². The van der Waals surface area contributed by atoms with Gasteiger partial charge in [0.05, 0.1) is 0 Å². The SMILES string of the molecule is CC1=C[CH]C(C2[CH]C=C(C)C=C2C)C=C1. The van der Waals surface area contributed by atoms with E-state index in [9.17, 15) is 0 Å². The van der Waals surface area contributed by atoms with Crippen LogP contribution in [0, 0.1) is 24.7 Å². The number of hydrogen-bond donors (Lipinski definition) is 0. The highest BCUT2D eigenvalue weighted by Gasteiger charge is 2.22. The van der Waals surface area contributed by atoms with E-state index in [2.05, 4.69) is 64.0 Å². The zero-order valence-corrected chi connectivity index (χ0v) is 9.70. The van der Waals surface area contributed by atoms with Crippen molar-refractivity contribution >= 4 is 0 Å². The first-order chi connectivity index (χ1) is 7.16. The van der Waals surface area contributed by atoms with Gasteiger partial charge >= 0.3 is 0 Å². The first-order valence-electron chi connectivity index (χ1n) is 5.57. The molecule has 15 heavy (non-hydrogen) atoms. The molecule has 2 atom stereocenters. The Bertz CT molecular complexity index is 363. The highest BCUT2D eigenvalue weighted by Crippen LogP contribution is 2.33. The average molecular weight is 198 g/mol. The lowest BCUT2D eigenvalue weighted by Gasteiger charge is -2.28. The molecule has 0 bridgehead atoms. The lowest BCUT2D eigenvalue weighted by Crippen LogP contribution is -2.17. The molecule has 0 amide bonds. The van der Waals surface area contributed by atoms with Crippen LogP contribution in [0.15, 0.2) is 47.1 Å². The van der Waals surface area contributed by atoms with Gasteiger partial charge in [-0.2, -0.15) is 0 Å². The normalized spacial score (nSPS) is 30.7. The van der Waals surface area contributed by atoms with E-state index >= 15 is 0 Å². The minimum absolute atomic E-state index is 0.536. The van der Waals surface area contributed by atoms with Gasteiger partial charge in [0.15, 0.2) is 0 Å². The standard InChI is InChI=1S/C15H18/c1-11-4-7-14(8-5-11)15-9-6-12(2)10-13(15)3/h4-10,14-15H,1-3H3. The summed E-state index contributed by atoms with van der Waals surface area (Å²) < 4.78 is 0. The highest BCUT2D eigenvalue weighted by atomic mass is 14.3. The second kappa shape index (κ2) is 4.22. The van der Waals surface area contributed by atoms with Gasteiger partial charge in [-0.15, -0.1) is 0 Å². The molecular formula is C15H18. The molecule has 0 aromatic rings. The van der Waals surface area contributed by atoms with Crippen LogP contribution in [0.2, 0.25) is 0 Å². The molecule has 0 aliphatic heterocycles. The van der Waals surface area contributed by atoms with Crippen molar-refractivity contribution in [2.24, 2.45) is 11.8 Å². The molecule has 2 aliphatic carbocycles. The van der Waals surface area contributed by atoms with Gasteiger partial charge in [-0.1, -0.05) is 47.1 Å². The van der Waals surface area contributed by atoms with Crippen LogP contribution in [0.1, 0.15) is 20.8 Å². The van der Waals surface area contributed by atoms with Crippen molar-refractivity contribution in [2.75, 3.05) is 0 Å². The smallest absolute Gasteiger partial charge is 0.00648 e. The third-order valence-electron chi connectivity index (χ3n) is 3.12. The Labute approximate surface area is 93.1 Å². The molecule has 2 rings (SSSR count). The van der Waals surface area contributed by atoms with E-state index in [1.165, 1.54) is 16.7 Å². The minimum atomic E-state index is 0.536. The molecule has 2 aliphatic rings. The van der Waals surface area contributed by atoms with Crippen LogP contribution in [0.25, 0.3) is 0 Å². The van der Waals surface area contributed by atoms with Crippen molar-refractivity contribution in [2.45, 2.75) is 20.8 Å². The van der Waals surface area contributed by atoms with Gasteiger partial charge in [0.25, 0.3) is 0 Å². The summed E-state index contributed by atoms with van der Waals surface area (Å²) in [4.78, 5) is 0. The van der Waals surface area contributed by atoms with Crippen LogP contribution in [-0.4, -0.2) is 0 Å². The zero-order valence-electron chi connectivity index (χ0n) is 9.70. The quantitative estimate of drug-likeness (QED) is 0.596. The molecule has 0 saturated heterocycles. The fourth-order valence-electron chi connectivity index (χ4n) is 2.23. The molecule has 0 N–H and O–H groups in total. The van der Waals surface area contributed by atoms with Crippen LogP contribution in [0.5, 0.6) is 0 Å². The van der Waals surface area contributed by atoms with Crippen LogP contribution in [0.4, 0.5) is 0 Å². The first kappa shape index (κ1) is 10.5. The third-order valence-corrected chi connectivity index (χ3v) is 3.12. The Morgan fingerprint density at radius 2 is 1.67 bits per heavy atom. The number of hydrogen-bond acceptors (Lipinski definition) is 0. The summed E-state index contributed by atoms with van der Waals surface area (Å²) in [6.45, 7) is 6.52. The highest BCUT2D eigenvalue weighted by molar-refractivity contribution is 5.37. The Kier molecular flexibility index (Phi) is 2.95. The monoisotopic (exact) mass is 198 g/mol. The average Bonchev–Trinajstić information content (AvgIpc) is 2.20. The lowest BCUT2D eigenvalue weighted by molar-refractivity contribution is 0.578. The second-order valence-electron chi connectivity index (χ2n) is 4.56. The summed E-state index contributed by atoms with van der Waals surface area (Å²) in [5.41, 5.74) is 4.17. The molecule has 0 heterocycles. The van der Waals surface area contributed by atoms with E-state index in [0.717, 1.165) is 0 Å². The summed E-state index contributed by atoms with van der Waals surface area (Å²) >= 11 is 0. The van der Waals surface area contributed by atoms with E-state index in [1.54, 1.807) is 0 Å². The maximum Gasteiger partial charge on any atom is -0.00648 e. The summed E-state index contributed by atoms with van der Waals surface area (Å²) in [6, 6.07) is 0. The van der Waals surface area contributed by atoms with Crippen LogP contribution >= 0.6 is 0 Å². The number of rotatable bonds is 1. The van der Waals surface area contributed by atoms with Gasteiger partial charge < -0.3 is 0 Å². The maximum absolute atomic E-state index is 2.32. The van der Waals surface area contributed by atoms with Gasteiger partial charge in [0, 0.05) is 0 Å². The van der Waals surface area contributed by atoms with E-state index < -0.39 is 0 Å². The topological polar surface area (TPSA) is 0 Å². The fraction of sp³-hybridized carbons (Fsp3) is 0.333. The summed E-state index contributed by atoms with van der Waals surface area (Å²) in [5.74, 6) is 1.09. The lowest BCUT2D eigenvalue weighted by atomic mass is 9.77. The largest absolute Gasteiger partial charge is 0.0799 e. The second-order valence-corrected chi connectivity index (χ2v) is 4.56. The molecular weight excluding hydrogens is 180 g/mol. The van der Waals surface area contributed by atoms with Gasteiger partial charge in [0.1, 0.15) is 0 Å². The Balaban J connectivity index is 2.09. The summed E-state index contributed by atoms with van der Waals surface area (Å²) in [5, 5.41) is 0. The van der Waals surface area contributed by atoms with Crippen molar-refractivity contribution in [3.05, 3.63) is 59.9 Å². The van der Waals surface area contributed by atoms with Gasteiger partial charge in [-0.3, -0.25) is 0 Å². The van der Waals surface area contributed by atoms with Crippen molar-refractivity contribution in [3.63, 3.8) is 0 Å². The fourth-order valence-corrected chi connectivity index (χ4v) is 2.23. The van der Waals surface area contributed by atoms with Crippen LogP contribution in [0.3, 0.4) is 0 Å². The third kappa shape index (κ3) is 2.31. The molecule has 2 radical (unpaired) electrons. The Morgan fingerprint density at radius 1 is 0.933 bits per heavy atom. The molecule has 0 fully saturated rings. The molecule has 0 aromatic carbocycles. The molecule has 2 unspecified atom stereocenters. The Morgan fingerprint density at radius 3 is 2.27 bits per heavy atom. The Hall–Kier alpha value is -1.04. The van der Waals surface area contributed by atoms with Crippen LogP contribution < -0.4 is 0 Å². The van der Waals surface area contributed by atoms with E-state index in [-0.39, 0.29) is 0 Å². The molecule has 78 valence electrons. The molecule has 0 spiro atoms. The van der Waals surface area contributed by atoms with E-state index in [1.807, 2.05) is 0 Å². The minimum Gasteiger partial charge on any atom is -0.0799 e. The van der Waals surface area contributed by atoms with Gasteiger partial charge in [0.2, 0.25) is 0 Å². The summed E-state index contributed by atoms with van der Waals surface area (Å²) in [7, 11) is 0. The molecule has 0 saturated carbocycles. The van der Waals surface area contributed by atoms with E-state index in [0.29, 0.717) is 11.8 Å². The van der Waals surface area contributed by atoms with Crippen LogP contribution in [-0.2, 0) is 0 Å². The van der Waals surface area contributed by atoms with Crippen molar-refractivity contribution in [1.82, 2.24) is 0 Å². The molecule has 0 heteroatoms.